The normalized spacial score (nSPS) is 11.7. The van der Waals surface area contributed by atoms with Gasteiger partial charge in [0.05, 0.1) is 18.2 Å². The van der Waals surface area contributed by atoms with Gasteiger partial charge in [-0.15, -0.1) is 11.8 Å². The molecule has 0 aliphatic rings. The Balaban J connectivity index is 3.36. The zero-order valence-electron chi connectivity index (χ0n) is 16.0. The summed E-state index contributed by atoms with van der Waals surface area (Å²) in [6.07, 6.45) is 1.53. The maximum atomic E-state index is 12.6. The quantitative estimate of drug-likeness (QED) is 0.725. The van der Waals surface area contributed by atoms with Gasteiger partial charge in [-0.25, -0.2) is 14.6 Å². The second-order valence-electron chi connectivity index (χ2n) is 7.20. The minimum absolute atomic E-state index is 0.136. The highest BCUT2D eigenvalue weighted by Crippen LogP contribution is 2.32. The Labute approximate surface area is 153 Å². The van der Waals surface area contributed by atoms with E-state index in [1.165, 1.54) is 25.1 Å². The summed E-state index contributed by atoms with van der Waals surface area (Å²) in [4.78, 5) is 30.9. The summed E-state index contributed by atoms with van der Waals surface area (Å²) in [6, 6.07) is 1.69. The number of hydrogen-bond donors (Lipinski definition) is 0. The molecule has 0 radical (unpaired) electrons. The summed E-state index contributed by atoms with van der Waals surface area (Å²) >= 11 is 1.32. The van der Waals surface area contributed by atoms with Crippen molar-refractivity contribution in [2.75, 3.05) is 18.3 Å². The number of anilines is 1. The van der Waals surface area contributed by atoms with Crippen LogP contribution in [0.25, 0.3) is 0 Å². The molecule has 0 aliphatic heterocycles. The molecule has 0 aliphatic carbocycles. The number of methoxy groups -OCH3 is 1. The van der Waals surface area contributed by atoms with E-state index in [-0.39, 0.29) is 5.82 Å². The number of nitrogens with zero attached hydrogens (tertiary/aromatic N) is 2. The molecule has 0 saturated carbocycles. The van der Waals surface area contributed by atoms with Gasteiger partial charge < -0.3 is 14.2 Å². The first-order chi connectivity index (χ1) is 11.4. The van der Waals surface area contributed by atoms with Crippen molar-refractivity contribution in [2.24, 2.45) is 0 Å². The van der Waals surface area contributed by atoms with E-state index in [1.807, 2.05) is 6.26 Å². The fourth-order valence-corrected chi connectivity index (χ4v) is 2.27. The standard InChI is InChI=1S/C17H26N2O5S/c1-16(2,3)23-14(20)19(15(21)24-17(4,5)6)13-12(25-8)9-11(22-7)10-18-13/h9-10H,1-8H3. The van der Waals surface area contributed by atoms with Crippen LogP contribution in [-0.4, -0.2) is 41.7 Å². The lowest BCUT2D eigenvalue weighted by molar-refractivity contribution is 0.0428. The number of ether oxygens (including phenoxy) is 3. The van der Waals surface area contributed by atoms with Crippen molar-refractivity contribution in [3.8, 4) is 5.75 Å². The van der Waals surface area contributed by atoms with Crippen molar-refractivity contribution >= 4 is 29.8 Å². The lowest BCUT2D eigenvalue weighted by Gasteiger charge is -2.28. The highest BCUT2D eigenvalue weighted by molar-refractivity contribution is 7.98. The summed E-state index contributed by atoms with van der Waals surface area (Å²) in [5, 5.41) is 0. The largest absolute Gasteiger partial charge is 0.495 e. The van der Waals surface area contributed by atoms with Crippen molar-refractivity contribution in [3.63, 3.8) is 0 Å². The molecule has 0 fully saturated rings. The Bertz CT molecular complexity index is 607. The minimum Gasteiger partial charge on any atom is -0.495 e. The molecule has 140 valence electrons. The van der Waals surface area contributed by atoms with Crippen LogP contribution in [0.1, 0.15) is 41.5 Å². The van der Waals surface area contributed by atoms with Crippen LogP contribution in [-0.2, 0) is 9.47 Å². The van der Waals surface area contributed by atoms with Crippen LogP contribution in [0.5, 0.6) is 5.75 Å². The summed E-state index contributed by atoms with van der Waals surface area (Å²) in [6.45, 7) is 10.3. The van der Waals surface area contributed by atoms with E-state index in [0.717, 1.165) is 4.90 Å². The number of rotatable bonds is 3. The molecule has 0 unspecified atom stereocenters. The first-order valence-electron chi connectivity index (χ1n) is 7.72. The Hall–Kier alpha value is -1.96. The Morgan fingerprint density at radius 1 is 1.04 bits per heavy atom. The topological polar surface area (TPSA) is 78.0 Å². The van der Waals surface area contributed by atoms with E-state index in [9.17, 15) is 9.59 Å². The molecular weight excluding hydrogens is 344 g/mol. The van der Waals surface area contributed by atoms with E-state index in [1.54, 1.807) is 47.6 Å². The van der Waals surface area contributed by atoms with Crippen molar-refractivity contribution in [2.45, 2.75) is 57.6 Å². The van der Waals surface area contributed by atoms with E-state index in [4.69, 9.17) is 14.2 Å². The molecule has 0 aromatic carbocycles. The van der Waals surface area contributed by atoms with E-state index in [0.29, 0.717) is 10.6 Å². The Kier molecular flexibility index (Phi) is 6.70. The molecule has 0 N–H and O–H groups in total. The second kappa shape index (κ2) is 7.95. The molecule has 0 spiro atoms. The van der Waals surface area contributed by atoms with E-state index >= 15 is 0 Å². The third kappa shape index (κ3) is 6.45. The molecule has 0 bridgehead atoms. The summed E-state index contributed by atoms with van der Waals surface area (Å²) in [5.41, 5.74) is -1.55. The van der Waals surface area contributed by atoms with Gasteiger partial charge in [0.2, 0.25) is 0 Å². The number of thioether (sulfide) groups is 1. The zero-order valence-corrected chi connectivity index (χ0v) is 16.8. The maximum Gasteiger partial charge on any atom is 0.425 e. The molecule has 7 nitrogen and oxygen atoms in total. The molecular formula is C17H26N2O5S. The smallest absolute Gasteiger partial charge is 0.425 e. The van der Waals surface area contributed by atoms with Gasteiger partial charge in [0.25, 0.3) is 0 Å². The number of carbonyl (C=O) groups excluding carboxylic acids is 2. The molecule has 8 heteroatoms. The Morgan fingerprint density at radius 3 is 1.88 bits per heavy atom. The third-order valence-electron chi connectivity index (χ3n) is 2.63. The fourth-order valence-electron chi connectivity index (χ4n) is 1.71. The molecule has 1 aromatic heterocycles. The SMILES string of the molecule is COc1cnc(N(C(=O)OC(C)(C)C)C(=O)OC(C)(C)C)c(SC)c1. The molecule has 1 rings (SSSR count). The number of hydrogen-bond acceptors (Lipinski definition) is 7. The van der Waals surface area contributed by atoms with Crippen LogP contribution < -0.4 is 9.64 Å². The molecule has 0 atom stereocenters. The van der Waals surface area contributed by atoms with E-state index < -0.39 is 23.4 Å². The van der Waals surface area contributed by atoms with Gasteiger partial charge >= 0.3 is 12.2 Å². The average Bonchev–Trinajstić information content (AvgIpc) is 2.43. The minimum atomic E-state index is -0.852. The highest BCUT2D eigenvalue weighted by atomic mass is 32.2. The van der Waals surface area contributed by atoms with Crippen LogP contribution >= 0.6 is 11.8 Å². The second-order valence-corrected chi connectivity index (χ2v) is 8.05. The van der Waals surface area contributed by atoms with Gasteiger partial charge in [0.15, 0.2) is 5.82 Å². The lowest BCUT2D eigenvalue weighted by atomic mass is 10.2. The van der Waals surface area contributed by atoms with Crippen molar-refractivity contribution < 1.29 is 23.8 Å². The predicted molar refractivity (Wildman–Crippen MR) is 97.5 cm³/mol. The van der Waals surface area contributed by atoms with Crippen LogP contribution in [0.4, 0.5) is 15.4 Å². The number of imide groups is 1. The monoisotopic (exact) mass is 370 g/mol. The van der Waals surface area contributed by atoms with Gasteiger partial charge in [-0.2, -0.15) is 4.90 Å². The van der Waals surface area contributed by atoms with Crippen molar-refractivity contribution in [1.29, 1.82) is 0 Å². The zero-order chi connectivity index (χ0) is 19.4. The Morgan fingerprint density at radius 2 is 1.52 bits per heavy atom. The maximum absolute atomic E-state index is 12.6. The summed E-state index contributed by atoms with van der Waals surface area (Å²) < 4.78 is 15.9. The molecule has 1 heterocycles. The summed E-state index contributed by atoms with van der Waals surface area (Å²) in [5.74, 6) is 0.651. The summed E-state index contributed by atoms with van der Waals surface area (Å²) in [7, 11) is 1.51. The number of amides is 2. The van der Waals surface area contributed by atoms with Crippen LogP contribution in [0, 0.1) is 0 Å². The fraction of sp³-hybridized carbons (Fsp3) is 0.588. The predicted octanol–water partition coefficient (Wildman–Crippen LogP) is 4.49. The average molecular weight is 370 g/mol. The number of pyridine rings is 1. The molecule has 1 aromatic rings. The first kappa shape index (κ1) is 21.1. The van der Waals surface area contributed by atoms with Gasteiger partial charge in [-0.3, -0.25) is 0 Å². The van der Waals surface area contributed by atoms with Gasteiger partial charge in [0.1, 0.15) is 17.0 Å². The van der Waals surface area contributed by atoms with Gasteiger partial charge in [-0.1, -0.05) is 0 Å². The first-order valence-corrected chi connectivity index (χ1v) is 8.94. The number of carbonyl (C=O) groups is 2. The third-order valence-corrected chi connectivity index (χ3v) is 3.37. The van der Waals surface area contributed by atoms with Gasteiger partial charge in [-0.05, 0) is 53.9 Å². The van der Waals surface area contributed by atoms with E-state index in [2.05, 4.69) is 4.98 Å². The van der Waals surface area contributed by atoms with Gasteiger partial charge in [0, 0.05) is 0 Å². The highest BCUT2D eigenvalue weighted by Gasteiger charge is 2.35. The molecule has 0 saturated heterocycles. The van der Waals surface area contributed by atoms with Crippen molar-refractivity contribution in [1.82, 2.24) is 4.98 Å². The van der Waals surface area contributed by atoms with Crippen LogP contribution in [0.15, 0.2) is 17.2 Å². The molecule has 25 heavy (non-hydrogen) atoms. The van der Waals surface area contributed by atoms with Crippen LogP contribution in [0.2, 0.25) is 0 Å². The lowest BCUT2D eigenvalue weighted by Crippen LogP contribution is -2.44. The van der Waals surface area contributed by atoms with Crippen LogP contribution in [0.3, 0.4) is 0 Å². The van der Waals surface area contributed by atoms with Crippen molar-refractivity contribution in [3.05, 3.63) is 12.3 Å². The number of aromatic nitrogens is 1. The molecule has 2 amide bonds.